The number of halogens is 1. The average molecular weight is 346 g/mol. The fourth-order valence-corrected chi connectivity index (χ4v) is 3.93. The maximum Gasteiger partial charge on any atom is 0.239 e. The largest absolute Gasteiger partial charge is 0.327 e. The van der Waals surface area contributed by atoms with E-state index in [0.29, 0.717) is 6.54 Å². The first-order valence-corrected chi connectivity index (χ1v) is 8.36. The Balaban J connectivity index is 0.00000242. The summed E-state index contributed by atoms with van der Waals surface area (Å²) in [5.74, 6) is 0.0746. The number of amides is 1. The molecule has 126 valence electrons. The summed E-state index contributed by atoms with van der Waals surface area (Å²) < 4.78 is 0. The van der Waals surface area contributed by atoms with E-state index < -0.39 is 0 Å². The van der Waals surface area contributed by atoms with E-state index in [4.69, 9.17) is 5.73 Å². The molecular formula is C16H28ClN3OS. The lowest BCUT2D eigenvalue weighted by atomic mass is 9.80. The van der Waals surface area contributed by atoms with Gasteiger partial charge in [0.15, 0.2) is 0 Å². The first-order chi connectivity index (χ1) is 9.70. The fraction of sp³-hybridized carbons (Fsp3) is 0.688. The third-order valence-electron chi connectivity index (χ3n) is 4.70. The van der Waals surface area contributed by atoms with Crippen molar-refractivity contribution in [2.45, 2.75) is 47.1 Å². The molecule has 1 saturated heterocycles. The van der Waals surface area contributed by atoms with Gasteiger partial charge in [0.05, 0.1) is 11.5 Å². The Labute approximate surface area is 143 Å². The molecule has 1 aromatic heterocycles. The number of nitrogens with one attached hydrogen (secondary N) is 1. The molecule has 1 amide bonds. The van der Waals surface area contributed by atoms with Crippen molar-refractivity contribution in [1.82, 2.24) is 4.90 Å². The lowest BCUT2D eigenvalue weighted by Gasteiger charge is -2.42. The number of hydrogen-bond donors (Lipinski definition) is 2. The zero-order valence-electron chi connectivity index (χ0n) is 14.2. The Hall–Kier alpha value is -0.620. The predicted octanol–water partition coefficient (Wildman–Crippen LogP) is 3.09. The number of carbonyl (C=O) groups excluding carboxylic acids is 1. The maximum atomic E-state index is 12.3. The van der Waals surface area contributed by atoms with Gasteiger partial charge in [0.2, 0.25) is 5.91 Å². The van der Waals surface area contributed by atoms with Crippen molar-refractivity contribution in [3.05, 3.63) is 16.0 Å². The molecule has 2 heterocycles. The topological polar surface area (TPSA) is 58.4 Å². The van der Waals surface area contributed by atoms with Crippen LogP contribution < -0.4 is 11.1 Å². The van der Waals surface area contributed by atoms with E-state index in [-0.39, 0.29) is 29.8 Å². The number of piperidine rings is 1. The van der Waals surface area contributed by atoms with Gasteiger partial charge in [-0.1, -0.05) is 13.8 Å². The van der Waals surface area contributed by atoms with Gasteiger partial charge in [-0.2, -0.15) is 0 Å². The zero-order valence-corrected chi connectivity index (χ0v) is 15.8. The summed E-state index contributed by atoms with van der Waals surface area (Å²) in [6.07, 6.45) is 0.955. The first-order valence-electron chi connectivity index (χ1n) is 7.55. The van der Waals surface area contributed by atoms with Crippen molar-refractivity contribution in [1.29, 1.82) is 0 Å². The normalized spacial score (nSPS) is 21.3. The highest BCUT2D eigenvalue weighted by Crippen LogP contribution is 2.31. The third-order valence-corrected chi connectivity index (χ3v) is 5.92. The van der Waals surface area contributed by atoms with Crippen molar-refractivity contribution in [3.63, 3.8) is 0 Å². The molecule has 1 aliphatic rings. The van der Waals surface area contributed by atoms with Crippen molar-refractivity contribution in [2.75, 3.05) is 25.0 Å². The van der Waals surface area contributed by atoms with E-state index >= 15 is 0 Å². The van der Waals surface area contributed by atoms with Crippen LogP contribution >= 0.6 is 23.7 Å². The van der Waals surface area contributed by atoms with Gasteiger partial charge >= 0.3 is 0 Å². The Kier molecular flexibility index (Phi) is 6.45. The number of likely N-dealkylation sites (tertiary alicyclic amines) is 1. The molecule has 4 nitrogen and oxygen atoms in total. The predicted molar refractivity (Wildman–Crippen MR) is 97.2 cm³/mol. The molecule has 0 aromatic carbocycles. The Morgan fingerprint density at radius 3 is 2.50 bits per heavy atom. The molecule has 0 aliphatic carbocycles. The van der Waals surface area contributed by atoms with Gasteiger partial charge in [0.25, 0.3) is 0 Å². The molecule has 6 heteroatoms. The van der Waals surface area contributed by atoms with Gasteiger partial charge < -0.3 is 11.1 Å². The second kappa shape index (κ2) is 7.30. The van der Waals surface area contributed by atoms with Crippen LogP contribution in [0.15, 0.2) is 0 Å². The van der Waals surface area contributed by atoms with Crippen molar-refractivity contribution >= 4 is 34.7 Å². The van der Waals surface area contributed by atoms with Crippen LogP contribution in [0.5, 0.6) is 0 Å². The van der Waals surface area contributed by atoms with Gasteiger partial charge in [0.1, 0.15) is 0 Å². The summed E-state index contributed by atoms with van der Waals surface area (Å²) >= 11 is 1.66. The van der Waals surface area contributed by atoms with E-state index in [1.165, 1.54) is 16.0 Å². The molecule has 1 aliphatic heterocycles. The van der Waals surface area contributed by atoms with E-state index in [2.05, 4.69) is 44.8 Å². The van der Waals surface area contributed by atoms with Crippen LogP contribution in [0.4, 0.5) is 5.00 Å². The van der Waals surface area contributed by atoms with Crippen LogP contribution in [0.3, 0.4) is 0 Å². The first kappa shape index (κ1) is 19.4. The van der Waals surface area contributed by atoms with Gasteiger partial charge in [-0.25, -0.2) is 0 Å². The van der Waals surface area contributed by atoms with Gasteiger partial charge in [-0.15, -0.1) is 23.7 Å². The van der Waals surface area contributed by atoms with Crippen LogP contribution in [-0.4, -0.2) is 36.5 Å². The second-order valence-corrected chi connectivity index (χ2v) is 8.10. The van der Waals surface area contributed by atoms with E-state index in [0.717, 1.165) is 24.5 Å². The monoisotopic (exact) mass is 345 g/mol. The Bertz CT molecular complexity index is 542. The molecule has 1 fully saturated rings. The van der Waals surface area contributed by atoms with Gasteiger partial charge in [-0.05, 0) is 43.7 Å². The van der Waals surface area contributed by atoms with E-state index in [1.54, 1.807) is 11.3 Å². The number of nitrogens with two attached hydrogens (primary N) is 1. The molecule has 1 atom stereocenters. The smallest absolute Gasteiger partial charge is 0.239 e. The van der Waals surface area contributed by atoms with Crippen LogP contribution in [-0.2, 0) is 4.79 Å². The summed E-state index contributed by atoms with van der Waals surface area (Å²) in [5, 5.41) is 4.05. The van der Waals surface area contributed by atoms with E-state index in [9.17, 15) is 4.79 Å². The molecule has 22 heavy (non-hydrogen) atoms. The molecule has 0 saturated carbocycles. The molecule has 1 unspecified atom stereocenters. The van der Waals surface area contributed by atoms with Gasteiger partial charge in [0, 0.05) is 24.0 Å². The molecule has 0 radical (unpaired) electrons. The van der Waals surface area contributed by atoms with Crippen molar-refractivity contribution in [2.24, 2.45) is 11.1 Å². The SMILES string of the molecule is Cc1sc(NC(=O)CN2CCC(N)C(C)(C)C2)c(C)c1C.Cl. The second-order valence-electron chi connectivity index (χ2n) is 6.88. The standard InChI is InChI=1S/C16H27N3OS.ClH/c1-10-11(2)15(21-12(10)3)18-14(20)8-19-7-6-13(17)16(4,5)9-19;/h13H,6-9,17H2,1-5H3,(H,18,20);1H. The minimum Gasteiger partial charge on any atom is -0.327 e. The van der Waals surface area contributed by atoms with E-state index in [1.807, 2.05) is 0 Å². The van der Waals surface area contributed by atoms with Crippen molar-refractivity contribution < 1.29 is 4.79 Å². The van der Waals surface area contributed by atoms with Crippen LogP contribution in [0.1, 0.15) is 36.3 Å². The summed E-state index contributed by atoms with van der Waals surface area (Å²) in [5.41, 5.74) is 8.68. The quantitative estimate of drug-likeness (QED) is 0.885. The number of hydrogen-bond acceptors (Lipinski definition) is 4. The number of aryl methyl sites for hydroxylation is 1. The zero-order chi connectivity index (χ0) is 15.8. The van der Waals surface area contributed by atoms with Crippen LogP contribution in [0.25, 0.3) is 0 Å². The van der Waals surface area contributed by atoms with Crippen molar-refractivity contribution in [3.8, 4) is 0 Å². The third kappa shape index (κ3) is 4.22. The highest BCUT2D eigenvalue weighted by molar-refractivity contribution is 7.16. The lowest BCUT2D eigenvalue weighted by Crippen LogP contribution is -2.53. The number of thiophene rings is 1. The highest BCUT2D eigenvalue weighted by Gasteiger charge is 2.33. The minimum atomic E-state index is 0. The van der Waals surface area contributed by atoms with Crippen LogP contribution in [0, 0.1) is 26.2 Å². The summed E-state index contributed by atoms with van der Waals surface area (Å²) in [6, 6.07) is 0.224. The lowest BCUT2D eigenvalue weighted by molar-refractivity contribution is -0.118. The van der Waals surface area contributed by atoms with Gasteiger partial charge in [-0.3, -0.25) is 9.69 Å². The number of nitrogens with zero attached hydrogens (tertiary/aromatic N) is 1. The fourth-order valence-electron chi connectivity index (χ4n) is 2.85. The number of anilines is 1. The summed E-state index contributed by atoms with van der Waals surface area (Å²) in [6.45, 7) is 12.9. The van der Waals surface area contributed by atoms with Crippen LogP contribution in [0.2, 0.25) is 0 Å². The number of carbonyl (C=O) groups is 1. The molecule has 2 rings (SSSR count). The number of rotatable bonds is 3. The molecule has 0 bridgehead atoms. The maximum absolute atomic E-state index is 12.3. The summed E-state index contributed by atoms with van der Waals surface area (Å²) in [7, 11) is 0. The Morgan fingerprint density at radius 1 is 1.36 bits per heavy atom. The molecule has 3 N–H and O–H groups in total. The molecular weight excluding hydrogens is 318 g/mol. The average Bonchev–Trinajstić information content (AvgIpc) is 2.61. The minimum absolute atomic E-state index is 0. The summed E-state index contributed by atoms with van der Waals surface area (Å²) in [4.78, 5) is 15.7. The Morgan fingerprint density at radius 2 is 2.00 bits per heavy atom. The highest BCUT2D eigenvalue weighted by atomic mass is 35.5. The molecule has 0 spiro atoms. The molecule has 1 aromatic rings.